The molecule has 4 nitrogen and oxygen atoms in total. The fourth-order valence-electron chi connectivity index (χ4n) is 3.91. The number of carbonyl (C=O) groups excluding carboxylic acids is 1. The van der Waals surface area contributed by atoms with Gasteiger partial charge >= 0.3 is 6.18 Å². The lowest BCUT2D eigenvalue weighted by Gasteiger charge is -2.23. The van der Waals surface area contributed by atoms with E-state index in [1.54, 1.807) is 18.2 Å². The highest BCUT2D eigenvalue weighted by Crippen LogP contribution is 2.35. The molecule has 0 bridgehead atoms. The van der Waals surface area contributed by atoms with Crippen LogP contribution in [0.15, 0.2) is 46.9 Å². The molecular weight excluding hydrogens is 393 g/mol. The van der Waals surface area contributed by atoms with E-state index in [0.717, 1.165) is 30.5 Å². The average Bonchev–Trinajstić information content (AvgIpc) is 3.33. The number of hydrogen-bond donors (Lipinski definition) is 0. The molecule has 2 aromatic carbocycles. The molecule has 0 radical (unpaired) electrons. The molecule has 7 heteroatoms. The van der Waals surface area contributed by atoms with Crippen LogP contribution in [0.25, 0.3) is 22.2 Å². The Labute approximate surface area is 172 Å². The topological polar surface area (TPSA) is 46.3 Å². The number of nitrogens with zero attached hydrogens (tertiary/aromatic N) is 2. The third-order valence-corrected chi connectivity index (χ3v) is 5.39. The number of oxazole rings is 1. The van der Waals surface area contributed by atoms with Crippen LogP contribution in [0, 0.1) is 5.92 Å². The zero-order valence-electron chi connectivity index (χ0n) is 16.9. The maximum absolute atomic E-state index is 12.8. The third kappa shape index (κ3) is 4.06. The van der Waals surface area contributed by atoms with Crippen molar-refractivity contribution in [3.63, 3.8) is 0 Å². The van der Waals surface area contributed by atoms with Crippen LogP contribution in [-0.4, -0.2) is 22.3 Å². The molecular formula is C23H23F3N2O2. The van der Waals surface area contributed by atoms with Crippen LogP contribution < -0.4 is 0 Å². The molecule has 1 unspecified atom stereocenters. The first-order valence-electron chi connectivity index (χ1n) is 10.1. The number of hydrogen-bond acceptors (Lipinski definition) is 3. The number of rotatable bonds is 4. The molecule has 1 aliphatic heterocycles. The van der Waals surface area contributed by atoms with Gasteiger partial charge in [0.05, 0.1) is 5.56 Å². The minimum atomic E-state index is -4.36. The minimum Gasteiger partial charge on any atom is -0.438 e. The second kappa shape index (κ2) is 7.78. The van der Waals surface area contributed by atoms with Crippen LogP contribution in [0.3, 0.4) is 0 Å². The number of alkyl halides is 3. The van der Waals surface area contributed by atoms with E-state index in [-0.39, 0.29) is 17.9 Å². The predicted molar refractivity (Wildman–Crippen MR) is 108 cm³/mol. The first-order valence-corrected chi connectivity index (χ1v) is 10.1. The maximum Gasteiger partial charge on any atom is 0.416 e. The number of benzene rings is 2. The molecule has 1 amide bonds. The first kappa shape index (κ1) is 20.4. The van der Waals surface area contributed by atoms with Crippen LogP contribution in [-0.2, 0) is 11.0 Å². The van der Waals surface area contributed by atoms with E-state index in [9.17, 15) is 18.0 Å². The Balaban J connectivity index is 1.60. The van der Waals surface area contributed by atoms with Crippen LogP contribution in [0.1, 0.15) is 50.6 Å². The number of carbonyl (C=O) groups is 1. The number of likely N-dealkylation sites (tertiary alicyclic amines) is 1. The van der Waals surface area contributed by atoms with Gasteiger partial charge in [0.1, 0.15) is 11.6 Å². The van der Waals surface area contributed by atoms with Crippen molar-refractivity contribution in [1.29, 1.82) is 0 Å². The second-order valence-corrected chi connectivity index (χ2v) is 8.15. The van der Waals surface area contributed by atoms with Crippen molar-refractivity contribution >= 4 is 17.0 Å². The summed E-state index contributed by atoms with van der Waals surface area (Å²) in [5.74, 6) is 0.915. The fourth-order valence-corrected chi connectivity index (χ4v) is 3.91. The standard InChI is InChI=1S/C23H23F3N2O2/c1-14(2)12-21(29)28-11-3-4-19(28)22-27-18-13-16(7-10-20(18)30-22)15-5-8-17(9-6-15)23(24,25)26/h5-10,13-14,19H,3-4,11-12H2,1-2H3. The lowest BCUT2D eigenvalue weighted by Crippen LogP contribution is -2.31. The van der Waals surface area contributed by atoms with Crippen LogP contribution in [0.2, 0.25) is 0 Å². The second-order valence-electron chi connectivity index (χ2n) is 8.15. The van der Waals surface area contributed by atoms with Crippen LogP contribution >= 0.6 is 0 Å². The Morgan fingerprint density at radius 3 is 2.53 bits per heavy atom. The van der Waals surface area contributed by atoms with Gasteiger partial charge in [-0.3, -0.25) is 4.79 Å². The Hall–Kier alpha value is -2.83. The molecule has 0 aliphatic carbocycles. The molecule has 30 heavy (non-hydrogen) atoms. The van der Waals surface area contributed by atoms with Gasteiger partial charge in [0.2, 0.25) is 11.8 Å². The summed E-state index contributed by atoms with van der Waals surface area (Å²) in [7, 11) is 0. The SMILES string of the molecule is CC(C)CC(=O)N1CCCC1c1nc2cc(-c3ccc(C(F)(F)F)cc3)ccc2o1. The van der Waals surface area contributed by atoms with Crippen molar-refractivity contribution in [2.24, 2.45) is 5.92 Å². The Bertz CT molecular complexity index is 1050. The van der Waals surface area contributed by atoms with Gasteiger partial charge < -0.3 is 9.32 Å². The van der Waals surface area contributed by atoms with Crippen LogP contribution in [0.4, 0.5) is 13.2 Å². The zero-order chi connectivity index (χ0) is 21.5. The highest BCUT2D eigenvalue weighted by molar-refractivity contribution is 5.81. The molecule has 0 spiro atoms. The first-order chi connectivity index (χ1) is 14.2. The van der Waals surface area contributed by atoms with Gasteiger partial charge in [0, 0.05) is 13.0 Å². The third-order valence-electron chi connectivity index (χ3n) is 5.39. The number of amides is 1. The van der Waals surface area contributed by atoms with Gasteiger partial charge in [-0.05, 0) is 54.2 Å². The molecule has 0 saturated carbocycles. The highest BCUT2D eigenvalue weighted by atomic mass is 19.4. The molecule has 1 fully saturated rings. The Morgan fingerprint density at radius 1 is 1.17 bits per heavy atom. The average molecular weight is 416 g/mol. The highest BCUT2D eigenvalue weighted by Gasteiger charge is 2.33. The largest absolute Gasteiger partial charge is 0.438 e. The molecule has 1 aromatic heterocycles. The predicted octanol–water partition coefficient (Wildman–Crippen LogP) is 6.22. The smallest absolute Gasteiger partial charge is 0.416 e. The summed E-state index contributed by atoms with van der Waals surface area (Å²) in [6, 6.07) is 10.3. The molecule has 1 aliphatic rings. The Morgan fingerprint density at radius 2 is 1.87 bits per heavy atom. The zero-order valence-corrected chi connectivity index (χ0v) is 16.9. The Kier molecular flexibility index (Phi) is 5.30. The lowest BCUT2D eigenvalue weighted by atomic mass is 10.0. The quantitative estimate of drug-likeness (QED) is 0.507. The van der Waals surface area contributed by atoms with Crippen molar-refractivity contribution in [2.75, 3.05) is 6.54 Å². The molecule has 0 N–H and O–H groups in total. The van der Waals surface area contributed by atoms with Crippen molar-refractivity contribution in [3.8, 4) is 11.1 Å². The normalized spacial score (nSPS) is 17.3. The van der Waals surface area contributed by atoms with Crippen molar-refractivity contribution in [2.45, 2.75) is 45.3 Å². The fraction of sp³-hybridized carbons (Fsp3) is 0.391. The van der Waals surface area contributed by atoms with Crippen molar-refractivity contribution < 1.29 is 22.4 Å². The summed E-state index contributed by atoms with van der Waals surface area (Å²) in [6.45, 7) is 4.74. The summed E-state index contributed by atoms with van der Waals surface area (Å²) in [4.78, 5) is 19.0. The van der Waals surface area contributed by atoms with Gasteiger partial charge in [0.25, 0.3) is 0 Å². The lowest BCUT2D eigenvalue weighted by molar-refractivity contribution is -0.137. The number of halogens is 3. The summed E-state index contributed by atoms with van der Waals surface area (Å²) in [5, 5.41) is 0. The van der Waals surface area contributed by atoms with Gasteiger partial charge in [0.15, 0.2) is 5.58 Å². The molecule has 2 heterocycles. The number of aromatic nitrogens is 1. The van der Waals surface area contributed by atoms with Gasteiger partial charge in [-0.1, -0.05) is 32.0 Å². The summed E-state index contributed by atoms with van der Waals surface area (Å²) in [5.41, 5.74) is 1.98. The minimum absolute atomic E-state index is 0.111. The van der Waals surface area contributed by atoms with E-state index in [2.05, 4.69) is 4.98 Å². The summed E-state index contributed by atoms with van der Waals surface area (Å²) < 4.78 is 44.3. The van der Waals surface area contributed by atoms with E-state index >= 15 is 0 Å². The van der Waals surface area contributed by atoms with E-state index < -0.39 is 11.7 Å². The van der Waals surface area contributed by atoms with E-state index in [1.807, 2.05) is 18.7 Å². The summed E-state index contributed by atoms with van der Waals surface area (Å²) >= 11 is 0. The maximum atomic E-state index is 12.8. The van der Waals surface area contributed by atoms with Crippen molar-refractivity contribution in [3.05, 3.63) is 53.9 Å². The van der Waals surface area contributed by atoms with E-state index in [4.69, 9.17) is 4.42 Å². The monoisotopic (exact) mass is 416 g/mol. The molecule has 4 rings (SSSR count). The molecule has 3 aromatic rings. The van der Waals surface area contributed by atoms with Gasteiger partial charge in [-0.2, -0.15) is 13.2 Å². The van der Waals surface area contributed by atoms with Crippen molar-refractivity contribution in [1.82, 2.24) is 9.88 Å². The van der Waals surface area contributed by atoms with E-state index in [1.165, 1.54) is 12.1 Å². The van der Waals surface area contributed by atoms with E-state index in [0.29, 0.717) is 35.5 Å². The molecule has 1 saturated heterocycles. The van der Waals surface area contributed by atoms with Crippen LogP contribution in [0.5, 0.6) is 0 Å². The van der Waals surface area contributed by atoms with Gasteiger partial charge in [-0.15, -0.1) is 0 Å². The number of fused-ring (bicyclic) bond motifs is 1. The summed E-state index contributed by atoms with van der Waals surface area (Å²) in [6.07, 6.45) is -2.15. The molecule has 1 atom stereocenters. The molecule has 158 valence electrons. The van der Waals surface area contributed by atoms with Gasteiger partial charge in [-0.25, -0.2) is 4.98 Å².